The first kappa shape index (κ1) is 20.1. The highest BCUT2D eigenvalue weighted by Gasteiger charge is 2.13. The van der Waals surface area contributed by atoms with Crippen molar-refractivity contribution in [2.24, 2.45) is 0 Å². The Morgan fingerprint density at radius 2 is 1.45 bits per heavy atom. The van der Waals surface area contributed by atoms with Crippen LogP contribution < -0.4 is 15.4 Å². The molecule has 2 N–H and O–H groups in total. The number of carbonyl (C=O) groups is 2. The van der Waals surface area contributed by atoms with Gasteiger partial charge in [-0.05, 0) is 47.9 Å². The van der Waals surface area contributed by atoms with E-state index in [0.29, 0.717) is 22.6 Å². The maximum Gasteiger partial charge on any atom is 0.255 e. The van der Waals surface area contributed by atoms with Crippen molar-refractivity contribution in [1.82, 2.24) is 0 Å². The number of rotatable bonds is 6. The summed E-state index contributed by atoms with van der Waals surface area (Å²) in [5.41, 5.74) is 3.28. The van der Waals surface area contributed by atoms with Gasteiger partial charge in [-0.2, -0.15) is 0 Å². The normalized spacial score (nSPS) is 10.5. The number of anilines is 2. The van der Waals surface area contributed by atoms with Crippen molar-refractivity contribution in [1.29, 1.82) is 0 Å². The third-order valence-electron chi connectivity index (χ3n) is 4.55. The largest absolute Gasteiger partial charge is 0.497 e. The number of hydrogen-bond acceptors (Lipinski definition) is 3. The highest BCUT2D eigenvalue weighted by atomic mass is 16.5. The second kappa shape index (κ2) is 9.06. The molecule has 29 heavy (non-hydrogen) atoms. The zero-order valence-corrected chi connectivity index (χ0v) is 16.7. The molecule has 0 fully saturated rings. The van der Waals surface area contributed by atoms with E-state index in [2.05, 4.69) is 24.5 Å². The summed E-state index contributed by atoms with van der Waals surface area (Å²) in [6.07, 6.45) is 0. The molecular weight excluding hydrogens is 364 g/mol. The Balaban J connectivity index is 1.76. The maximum absolute atomic E-state index is 12.7. The molecule has 0 heterocycles. The van der Waals surface area contributed by atoms with E-state index in [9.17, 15) is 9.59 Å². The third kappa shape index (κ3) is 5.02. The zero-order valence-electron chi connectivity index (χ0n) is 16.7. The third-order valence-corrected chi connectivity index (χ3v) is 4.55. The van der Waals surface area contributed by atoms with Gasteiger partial charge >= 0.3 is 0 Å². The molecule has 0 bridgehead atoms. The predicted molar refractivity (Wildman–Crippen MR) is 116 cm³/mol. The van der Waals surface area contributed by atoms with Crippen LogP contribution in [0.25, 0.3) is 0 Å². The molecule has 0 aromatic heterocycles. The monoisotopic (exact) mass is 388 g/mol. The molecule has 0 aliphatic heterocycles. The Morgan fingerprint density at radius 1 is 0.793 bits per heavy atom. The summed E-state index contributed by atoms with van der Waals surface area (Å²) in [5.74, 6) is 0.385. The Bertz CT molecular complexity index is 1030. The first-order chi connectivity index (χ1) is 14.0. The summed E-state index contributed by atoms with van der Waals surface area (Å²) < 4.78 is 5.17. The average Bonchev–Trinajstić information content (AvgIpc) is 2.74. The van der Waals surface area contributed by atoms with E-state index in [0.717, 1.165) is 11.3 Å². The summed E-state index contributed by atoms with van der Waals surface area (Å²) in [7, 11) is 1.57. The number of nitrogens with one attached hydrogen (secondary N) is 2. The number of hydrogen-bond donors (Lipinski definition) is 2. The van der Waals surface area contributed by atoms with E-state index in [1.54, 1.807) is 55.6 Å². The molecule has 2 amide bonds. The van der Waals surface area contributed by atoms with Crippen LogP contribution in [0.15, 0.2) is 72.8 Å². The van der Waals surface area contributed by atoms with Crippen LogP contribution in [-0.4, -0.2) is 18.9 Å². The highest BCUT2D eigenvalue weighted by Crippen LogP contribution is 2.24. The Labute approximate surface area is 170 Å². The fraction of sp³-hybridized carbons (Fsp3) is 0.167. The van der Waals surface area contributed by atoms with Gasteiger partial charge in [0.05, 0.1) is 7.11 Å². The van der Waals surface area contributed by atoms with Gasteiger partial charge < -0.3 is 15.4 Å². The number of methoxy groups -OCH3 is 1. The fourth-order valence-electron chi connectivity index (χ4n) is 3.01. The van der Waals surface area contributed by atoms with Gasteiger partial charge in [0.1, 0.15) is 5.75 Å². The lowest BCUT2D eigenvalue weighted by Gasteiger charge is -2.14. The molecule has 3 rings (SSSR count). The Kier molecular flexibility index (Phi) is 6.29. The summed E-state index contributed by atoms with van der Waals surface area (Å²) in [6.45, 7) is 4.16. The van der Waals surface area contributed by atoms with Crippen LogP contribution in [0.1, 0.15) is 46.0 Å². The van der Waals surface area contributed by atoms with Crippen molar-refractivity contribution in [3.8, 4) is 5.75 Å². The predicted octanol–water partition coefficient (Wildman–Crippen LogP) is 5.32. The molecule has 0 saturated carbocycles. The van der Waals surface area contributed by atoms with E-state index in [-0.39, 0.29) is 17.7 Å². The van der Waals surface area contributed by atoms with Gasteiger partial charge in [0.25, 0.3) is 11.8 Å². The Morgan fingerprint density at radius 3 is 2.14 bits per heavy atom. The first-order valence-corrected chi connectivity index (χ1v) is 9.43. The van der Waals surface area contributed by atoms with Gasteiger partial charge in [-0.15, -0.1) is 0 Å². The second-order valence-corrected chi connectivity index (χ2v) is 6.96. The molecule has 0 radical (unpaired) electrons. The van der Waals surface area contributed by atoms with Gasteiger partial charge in [-0.1, -0.05) is 44.2 Å². The van der Waals surface area contributed by atoms with Crippen molar-refractivity contribution in [2.75, 3.05) is 17.7 Å². The summed E-state index contributed by atoms with van der Waals surface area (Å²) >= 11 is 0. The number of amides is 2. The quantitative estimate of drug-likeness (QED) is 0.600. The molecule has 0 spiro atoms. The summed E-state index contributed by atoms with van der Waals surface area (Å²) in [5, 5.41) is 5.77. The SMILES string of the molecule is COc1cccc(NC(=O)c2cccc(C(=O)Nc3ccccc3C(C)C)c2)c1. The van der Waals surface area contributed by atoms with E-state index in [1.807, 2.05) is 24.3 Å². The Hall–Kier alpha value is -3.60. The van der Waals surface area contributed by atoms with E-state index in [1.165, 1.54) is 0 Å². The van der Waals surface area contributed by atoms with Crippen LogP contribution in [0.4, 0.5) is 11.4 Å². The molecule has 0 atom stereocenters. The molecule has 3 aromatic carbocycles. The van der Waals surface area contributed by atoms with Gasteiger partial charge in [0.2, 0.25) is 0 Å². The molecule has 0 aliphatic carbocycles. The van der Waals surface area contributed by atoms with E-state index >= 15 is 0 Å². The average molecular weight is 388 g/mol. The minimum Gasteiger partial charge on any atom is -0.497 e. The second-order valence-electron chi connectivity index (χ2n) is 6.96. The van der Waals surface area contributed by atoms with Crippen LogP contribution in [0.2, 0.25) is 0 Å². The van der Waals surface area contributed by atoms with Crippen LogP contribution in [0, 0.1) is 0 Å². The topological polar surface area (TPSA) is 67.4 Å². The van der Waals surface area contributed by atoms with E-state index in [4.69, 9.17) is 4.74 Å². The highest BCUT2D eigenvalue weighted by molar-refractivity contribution is 6.09. The van der Waals surface area contributed by atoms with Crippen LogP contribution in [0.5, 0.6) is 5.75 Å². The molecule has 0 unspecified atom stereocenters. The summed E-state index contributed by atoms with van der Waals surface area (Å²) in [6, 6.07) is 21.5. The van der Waals surface area contributed by atoms with Crippen molar-refractivity contribution in [3.05, 3.63) is 89.5 Å². The molecule has 3 aromatic rings. The number of ether oxygens (including phenoxy) is 1. The van der Waals surface area contributed by atoms with Crippen molar-refractivity contribution in [2.45, 2.75) is 19.8 Å². The van der Waals surface area contributed by atoms with Crippen molar-refractivity contribution in [3.63, 3.8) is 0 Å². The number of carbonyl (C=O) groups excluding carboxylic acids is 2. The van der Waals surface area contributed by atoms with Crippen LogP contribution in [-0.2, 0) is 0 Å². The van der Waals surface area contributed by atoms with E-state index < -0.39 is 0 Å². The minimum atomic E-state index is -0.296. The maximum atomic E-state index is 12.7. The van der Waals surface area contributed by atoms with Gasteiger partial charge in [0.15, 0.2) is 0 Å². The lowest BCUT2D eigenvalue weighted by molar-refractivity contribution is 0.102. The first-order valence-electron chi connectivity index (χ1n) is 9.43. The lowest BCUT2D eigenvalue weighted by atomic mass is 10.0. The van der Waals surface area contributed by atoms with Crippen LogP contribution in [0.3, 0.4) is 0 Å². The minimum absolute atomic E-state index is 0.255. The van der Waals surface area contributed by atoms with Crippen molar-refractivity contribution >= 4 is 23.2 Å². The standard InChI is InChI=1S/C24H24N2O3/c1-16(2)21-12-4-5-13-22(21)26-24(28)18-9-6-8-17(14-18)23(27)25-19-10-7-11-20(15-19)29-3/h4-16H,1-3H3,(H,25,27)(H,26,28). The molecule has 5 nitrogen and oxygen atoms in total. The molecule has 5 heteroatoms. The molecular formula is C24H24N2O3. The van der Waals surface area contributed by atoms with Crippen LogP contribution >= 0.6 is 0 Å². The van der Waals surface area contributed by atoms with Gasteiger partial charge in [0, 0.05) is 28.6 Å². The van der Waals surface area contributed by atoms with Crippen molar-refractivity contribution < 1.29 is 14.3 Å². The fourth-order valence-corrected chi connectivity index (χ4v) is 3.01. The van der Waals surface area contributed by atoms with Gasteiger partial charge in [-0.3, -0.25) is 9.59 Å². The molecule has 0 saturated heterocycles. The lowest BCUT2D eigenvalue weighted by Crippen LogP contribution is -2.16. The number of benzene rings is 3. The van der Waals surface area contributed by atoms with Gasteiger partial charge in [-0.25, -0.2) is 0 Å². The zero-order chi connectivity index (χ0) is 20.8. The molecule has 148 valence electrons. The molecule has 0 aliphatic rings. The smallest absolute Gasteiger partial charge is 0.255 e. The summed E-state index contributed by atoms with van der Waals surface area (Å²) in [4.78, 5) is 25.4. The number of para-hydroxylation sites is 1.